The van der Waals surface area contributed by atoms with Crippen LogP contribution in [0.25, 0.3) is 0 Å². The van der Waals surface area contributed by atoms with Crippen LogP contribution in [0.5, 0.6) is 0 Å². The highest BCUT2D eigenvalue weighted by atomic mass is 28.4. The van der Waals surface area contributed by atoms with E-state index < -0.39 is 8.56 Å². The van der Waals surface area contributed by atoms with E-state index in [9.17, 15) is 0 Å². The first-order chi connectivity index (χ1) is 9.01. The summed E-state index contributed by atoms with van der Waals surface area (Å²) in [5, 5.41) is -0.348. The maximum Gasteiger partial charge on any atom is 0.371 e. The van der Waals surface area contributed by atoms with E-state index in [1.807, 2.05) is 13.8 Å². The van der Waals surface area contributed by atoms with Gasteiger partial charge in [-0.2, -0.15) is 0 Å². The summed E-state index contributed by atoms with van der Waals surface area (Å²) in [6.45, 7) is 13.4. The fourth-order valence-electron chi connectivity index (χ4n) is 3.57. The smallest absolute Gasteiger partial charge is 0.371 e. The first-order valence-electron chi connectivity index (χ1n) is 7.42. The molecule has 0 radical (unpaired) electrons. The van der Waals surface area contributed by atoms with Gasteiger partial charge in [0, 0.05) is 25.7 Å². The van der Waals surface area contributed by atoms with Crippen molar-refractivity contribution in [1.82, 2.24) is 0 Å². The first-order valence-corrected chi connectivity index (χ1v) is 9.44. The van der Waals surface area contributed by atoms with Gasteiger partial charge in [0.15, 0.2) is 0 Å². The molecule has 0 aliphatic carbocycles. The van der Waals surface area contributed by atoms with Crippen LogP contribution in [-0.4, -0.2) is 47.3 Å². The topological polar surface area (TPSA) is 36.9 Å². The van der Waals surface area contributed by atoms with Crippen LogP contribution in [0, 0.1) is 5.41 Å². The van der Waals surface area contributed by atoms with Gasteiger partial charge in [0.25, 0.3) is 0 Å². The monoisotopic (exact) mass is 290 g/mol. The number of hydrogen-bond acceptors (Lipinski definition) is 4. The van der Waals surface area contributed by atoms with Gasteiger partial charge in [0.05, 0.1) is 13.2 Å². The lowest BCUT2D eigenvalue weighted by molar-refractivity contribution is -0.206. The second-order valence-electron chi connectivity index (χ2n) is 5.41. The molecule has 1 rings (SSSR count). The van der Waals surface area contributed by atoms with E-state index in [-0.39, 0.29) is 10.6 Å². The lowest BCUT2D eigenvalue weighted by atomic mass is 9.80. The molecule has 1 saturated heterocycles. The van der Waals surface area contributed by atoms with Gasteiger partial charge >= 0.3 is 8.56 Å². The summed E-state index contributed by atoms with van der Waals surface area (Å²) in [5.74, 6) is 0. The summed E-state index contributed by atoms with van der Waals surface area (Å²) in [5.41, 5.74) is -0.0108. The number of ether oxygens (including phenoxy) is 2. The molecule has 0 aromatic heterocycles. The van der Waals surface area contributed by atoms with E-state index in [1.165, 1.54) is 0 Å². The van der Waals surface area contributed by atoms with Crippen LogP contribution < -0.4 is 0 Å². The van der Waals surface area contributed by atoms with Crippen molar-refractivity contribution in [2.24, 2.45) is 5.41 Å². The second-order valence-corrected chi connectivity index (χ2v) is 9.01. The molecule has 1 unspecified atom stereocenters. The number of methoxy groups -OCH3 is 1. The van der Waals surface area contributed by atoms with Gasteiger partial charge in [-0.1, -0.05) is 20.8 Å². The molecule has 4 nitrogen and oxygen atoms in total. The highest BCUT2D eigenvalue weighted by Crippen LogP contribution is 2.50. The Morgan fingerprint density at radius 1 is 1.11 bits per heavy atom. The zero-order valence-electron chi connectivity index (χ0n) is 13.4. The zero-order valence-corrected chi connectivity index (χ0v) is 14.4. The third-order valence-corrected chi connectivity index (χ3v) is 9.33. The Bertz CT molecular complexity index is 269. The van der Waals surface area contributed by atoms with Gasteiger partial charge in [0.1, 0.15) is 5.22 Å². The van der Waals surface area contributed by atoms with Crippen LogP contribution >= 0.6 is 0 Å². The quantitative estimate of drug-likeness (QED) is 0.612. The maximum absolute atomic E-state index is 6.22. The minimum absolute atomic E-state index is 0.0108. The number of rotatable bonds is 9. The van der Waals surface area contributed by atoms with Crippen LogP contribution in [0.4, 0.5) is 0 Å². The lowest BCUT2D eigenvalue weighted by Gasteiger charge is -2.58. The van der Waals surface area contributed by atoms with E-state index in [4.69, 9.17) is 18.3 Å². The van der Waals surface area contributed by atoms with E-state index in [0.29, 0.717) is 13.2 Å². The molecule has 0 spiro atoms. The predicted octanol–water partition coefficient (Wildman–Crippen LogP) is 2.89. The molecule has 0 aromatic rings. The third kappa shape index (κ3) is 2.51. The summed E-state index contributed by atoms with van der Waals surface area (Å²) < 4.78 is 24.0. The van der Waals surface area contributed by atoms with Crippen molar-refractivity contribution < 1.29 is 18.3 Å². The van der Waals surface area contributed by atoms with Crippen LogP contribution in [0.3, 0.4) is 0 Å². The molecule has 0 saturated carbocycles. The lowest BCUT2D eigenvalue weighted by Crippen LogP contribution is -2.74. The van der Waals surface area contributed by atoms with Crippen LogP contribution in [-0.2, 0) is 18.3 Å². The maximum atomic E-state index is 6.22. The minimum Gasteiger partial charge on any atom is -0.393 e. The Hall–Kier alpha value is 0.0569. The predicted molar refractivity (Wildman–Crippen MR) is 78.4 cm³/mol. The molecule has 0 amide bonds. The van der Waals surface area contributed by atoms with Crippen molar-refractivity contribution in [2.45, 2.75) is 52.3 Å². The Morgan fingerprint density at radius 3 is 1.84 bits per heavy atom. The van der Waals surface area contributed by atoms with E-state index in [0.717, 1.165) is 25.7 Å². The summed E-state index contributed by atoms with van der Waals surface area (Å²) in [6.07, 6.45) is 0.892. The first kappa shape index (κ1) is 17.1. The van der Waals surface area contributed by atoms with E-state index in [2.05, 4.69) is 20.8 Å². The molecule has 1 aliphatic rings. The summed E-state index contributed by atoms with van der Waals surface area (Å²) >= 11 is 0. The Balaban J connectivity index is 3.24. The molecule has 1 aliphatic heterocycles. The van der Waals surface area contributed by atoms with Gasteiger partial charge in [-0.15, -0.1) is 0 Å². The Labute approximate surface area is 119 Å². The van der Waals surface area contributed by atoms with Crippen molar-refractivity contribution in [3.8, 4) is 0 Å². The number of hydrogen-bond donors (Lipinski definition) is 0. The third-order valence-electron chi connectivity index (χ3n) is 4.50. The molecule has 0 bridgehead atoms. The molecular formula is C14H30O4Si. The van der Waals surface area contributed by atoms with Crippen LogP contribution in [0.2, 0.25) is 6.04 Å². The summed E-state index contributed by atoms with van der Waals surface area (Å²) in [7, 11) is -0.662. The summed E-state index contributed by atoms with van der Waals surface area (Å²) in [6, 6.07) is 0.895. The molecule has 1 atom stereocenters. The molecule has 19 heavy (non-hydrogen) atoms. The summed E-state index contributed by atoms with van der Waals surface area (Å²) in [4.78, 5) is 0. The Morgan fingerprint density at radius 2 is 1.63 bits per heavy atom. The second kappa shape index (κ2) is 6.67. The fourth-order valence-corrected chi connectivity index (χ4v) is 7.95. The fraction of sp³-hybridized carbons (Fsp3) is 1.00. The van der Waals surface area contributed by atoms with Crippen molar-refractivity contribution >= 4 is 8.56 Å². The molecule has 1 heterocycles. The van der Waals surface area contributed by atoms with Gasteiger partial charge in [-0.3, -0.25) is 0 Å². The normalized spacial score (nSPS) is 21.8. The van der Waals surface area contributed by atoms with Crippen LogP contribution in [0.15, 0.2) is 0 Å². The van der Waals surface area contributed by atoms with Crippen LogP contribution in [0.1, 0.15) is 41.0 Å². The van der Waals surface area contributed by atoms with Gasteiger partial charge in [0.2, 0.25) is 0 Å². The highest BCUT2D eigenvalue weighted by Gasteiger charge is 2.67. The van der Waals surface area contributed by atoms with E-state index in [1.54, 1.807) is 7.11 Å². The molecule has 1 fully saturated rings. The van der Waals surface area contributed by atoms with Gasteiger partial charge in [-0.05, 0) is 26.3 Å². The van der Waals surface area contributed by atoms with E-state index >= 15 is 0 Å². The standard InChI is InChI=1S/C14H30O4Si/c1-7-14(15-6,13(5)11-16-12-13)19(10-4,17-8-2)18-9-3/h7-12H2,1-6H3. The molecular weight excluding hydrogens is 260 g/mol. The van der Waals surface area contributed by atoms with Gasteiger partial charge < -0.3 is 18.3 Å². The highest BCUT2D eigenvalue weighted by molar-refractivity contribution is 6.70. The minimum atomic E-state index is -2.46. The molecule has 5 heteroatoms. The largest absolute Gasteiger partial charge is 0.393 e. The molecule has 0 aromatic carbocycles. The van der Waals surface area contributed by atoms with Gasteiger partial charge in [-0.25, -0.2) is 0 Å². The zero-order chi connectivity index (χ0) is 14.6. The molecule has 114 valence electrons. The van der Waals surface area contributed by atoms with Crippen molar-refractivity contribution in [3.05, 3.63) is 0 Å². The molecule has 0 N–H and O–H groups in total. The average Bonchev–Trinajstić information content (AvgIpc) is 2.38. The van der Waals surface area contributed by atoms with Crippen molar-refractivity contribution in [2.75, 3.05) is 33.5 Å². The Kier molecular flexibility index (Phi) is 6.01. The van der Waals surface area contributed by atoms with Crippen molar-refractivity contribution in [3.63, 3.8) is 0 Å². The average molecular weight is 290 g/mol. The van der Waals surface area contributed by atoms with Crippen molar-refractivity contribution in [1.29, 1.82) is 0 Å². The SMILES string of the molecule is CCO[Si](CC)(OCC)C(CC)(OC)C1(C)COC1.